The smallest absolute Gasteiger partial charge is 0.139 e. The van der Waals surface area contributed by atoms with Crippen molar-refractivity contribution in [3.63, 3.8) is 0 Å². The lowest BCUT2D eigenvalue weighted by atomic mass is 9.87. The second-order valence-corrected chi connectivity index (χ2v) is 6.28. The molecule has 0 amide bonds. The van der Waals surface area contributed by atoms with E-state index in [2.05, 4.69) is 37.6 Å². The van der Waals surface area contributed by atoms with Crippen molar-refractivity contribution in [2.45, 2.75) is 40.7 Å². The molecular formula is C14H23N3S. The average Bonchev–Trinajstić information content (AvgIpc) is 2.24. The van der Waals surface area contributed by atoms with Crippen molar-refractivity contribution in [3.8, 4) is 0 Å². The number of rotatable bonds is 3. The Kier molecular flexibility index (Phi) is 4.32. The zero-order chi connectivity index (χ0) is 14.1. The van der Waals surface area contributed by atoms with Crippen LogP contribution in [0.1, 0.15) is 38.8 Å². The molecule has 0 aliphatic rings. The second-order valence-electron chi connectivity index (χ2n) is 5.84. The Balaban J connectivity index is 3.26. The fourth-order valence-electron chi connectivity index (χ4n) is 1.88. The van der Waals surface area contributed by atoms with E-state index in [0.717, 1.165) is 16.9 Å². The molecule has 1 heterocycles. The molecule has 0 saturated carbocycles. The third-order valence-corrected chi connectivity index (χ3v) is 3.76. The van der Waals surface area contributed by atoms with E-state index >= 15 is 0 Å². The maximum absolute atomic E-state index is 5.83. The zero-order valence-electron chi connectivity index (χ0n) is 12.1. The molecule has 1 atom stereocenters. The van der Waals surface area contributed by atoms with Gasteiger partial charge in [0.2, 0.25) is 0 Å². The number of anilines is 1. The summed E-state index contributed by atoms with van der Waals surface area (Å²) >= 11 is 5.15. The Labute approximate surface area is 115 Å². The molecule has 0 fully saturated rings. The SMILES string of the molecule is Cc1ccnc(N(C)C(C)C(C)(C)C)c1C(N)=S. The summed E-state index contributed by atoms with van der Waals surface area (Å²) in [5.41, 5.74) is 7.94. The van der Waals surface area contributed by atoms with Crippen LogP contribution >= 0.6 is 12.2 Å². The van der Waals surface area contributed by atoms with Crippen molar-refractivity contribution >= 4 is 23.0 Å². The summed E-state index contributed by atoms with van der Waals surface area (Å²) in [7, 11) is 2.04. The highest BCUT2D eigenvalue weighted by Gasteiger charge is 2.26. The predicted octanol–water partition coefficient (Wildman–Crippen LogP) is 2.90. The first-order valence-corrected chi connectivity index (χ1v) is 6.55. The molecule has 3 nitrogen and oxygen atoms in total. The number of aryl methyl sites for hydroxylation is 1. The number of thiocarbonyl (C=S) groups is 1. The molecule has 100 valence electrons. The van der Waals surface area contributed by atoms with Crippen LogP contribution in [0, 0.1) is 12.3 Å². The van der Waals surface area contributed by atoms with Gasteiger partial charge in [-0.2, -0.15) is 0 Å². The molecule has 1 aromatic rings. The molecule has 0 aliphatic heterocycles. The molecule has 2 N–H and O–H groups in total. The number of pyridine rings is 1. The van der Waals surface area contributed by atoms with Crippen LogP contribution in [0.2, 0.25) is 0 Å². The van der Waals surface area contributed by atoms with E-state index in [4.69, 9.17) is 18.0 Å². The molecule has 1 aromatic heterocycles. The monoisotopic (exact) mass is 265 g/mol. The van der Waals surface area contributed by atoms with E-state index in [1.54, 1.807) is 6.20 Å². The van der Waals surface area contributed by atoms with Gasteiger partial charge in [0.1, 0.15) is 10.8 Å². The van der Waals surface area contributed by atoms with Crippen LogP contribution in [-0.4, -0.2) is 23.1 Å². The summed E-state index contributed by atoms with van der Waals surface area (Å²) in [6.07, 6.45) is 1.80. The van der Waals surface area contributed by atoms with Crippen LogP contribution < -0.4 is 10.6 Å². The fraction of sp³-hybridized carbons (Fsp3) is 0.571. The van der Waals surface area contributed by atoms with Gasteiger partial charge in [-0.25, -0.2) is 4.98 Å². The second kappa shape index (κ2) is 5.22. The van der Waals surface area contributed by atoms with Gasteiger partial charge in [0.05, 0.1) is 5.56 Å². The van der Waals surface area contributed by atoms with E-state index in [1.165, 1.54) is 0 Å². The summed E-state index contributed by atoms with van der Waals surface area (Å²) in [6.45, 7) is 10.8. The van der Waals surface area contributed by atoms with Crippen molar-refractivity contribution in [3.05, 3.63) is 23.4 Å². The highest BCUT2D eigenvalue weighted by molar-refractivity contribution is 7.80. The molecule has 1 rings (SSSR count). The average molecular weight is 265 g/mol. The lowest BCUT2D eigenvalue weighted by Crippen LogP contribution is -2.41. The van der Waals surface area contributed by atoms with Gasteiger partial charge in [0, 0.05) is 19.3 Å². The molecule has 0 bridgehead atoms. The van der Waals surface area contributed by atoms with E-state index in [0.29, 0.717) is 11.0 Å². The van der Waals surface area contributed by atoms with Gasteiger partial charge in [-0.1, -0.05) is 33.0 Å². The molecule has 0 radical (unpaired) electrons. The summed E-state index contributed by atoms with van der Waals surface area (Å²) < 4.78 is 0. The summed E-state index contributed by atoms with van der Waals surface area (Å²) in [5, 5.41) is 0. The highest BCUT2D eigenvalue weighted by atomic mass is 32.1. The van der Waals surface area contributed by atoms with E-state index in [-0.39, 0.29) is 5.41 Å². The summed E-state index contributed by atoms with van der Waals surface area (Å²) in [5.74, 6) is 0.866. The summed E-state index contributed by atoms with van der Waals surface area (Å²) in [6, 6.07) is 2.27. The van der Waals surface area contributed by atoms with Crippen molar-refractivity contribution in [1.82, 2.24) is 4.98 Å². The molecular weight excluding hydrogens is 242 g/mol. The van der Waals surface area contributed by atoms with Crippen LogP contribution in [0.5, 0.6) is 0 Å². The summed E-state index contributed by atoms with van der Waals surface area (Å²) in [4.78, 5) is 7.01. The molecule has 0 aliphatic carbocycles. The van der Waals surface area contributed by atoms with Crippen LogP contribution in [0.25, 0.3) is 0 Å². The molecule has 0 spiro atoms. The standard InChI is InChI=1S/C14H23N3S/c1-9-7-8-16-13(11(9)12(15)18)17(6)10(2)14(3,4)5/h7-8,10H,1-6H3,(H2,15,18). The number of aromatic nitrogens is 1. The van der Waals surface area contributed by atoms with Crippen molar-refractivity contribution in [1.29, 1.82) is 0 Å². The van der Waals surface area contributed by atoms with Gasteiger partial charge in [-0.15, -0.1) is 0 Å². The lowest BCUT2D eigenvalue weighted by molar-refractivity contribution is 0.328. The van der Waals surface area contributed by atoms with E-state index in [9.17, 15) is 0 Å². The highest BCUT2D eigenvalue weighted by Crippen LogP contribution is 2.29. The van der Waals surface area contributed by atoms with Crippen LogP contribution in [-0.2, 0) is 0 Å². The van der Waals surface area contributed by atoms with Gasteiger partial charge < -0.3 is 10.6 Å². The Morgan fingerprint density at radius 3 is 2.44 bits per heavy atom. The number of hydrogen-bond donors (Lipinski definition) is 1. The molecule has 1 unspecified atom stereocenters. The quantitative estimate of drug-likeness (QED) is 0.853. The normalized spacial score (nSPS) is 13.2. The first-order chi connectivity index (χ1) is 8.16. The topological polar surface area (TPSA) is 42.2 Å². The van der Waals surface area contributed by atoms with E-state index < -0.39 is 0 Å². The fourth-order valence-corrected chi connectivity index (χ4v) is 2.13. The van der Waals surface area contributed by atoms with Crippen LogP contribution in [0.15, 0.2) is 12.3 Å². The zero-order valence-corrected chi connectivity index (χ0v) is 12.9. The number of nitrogens with zero attached hydrogens (tertiary/aromatic N) is 2. The third-order valence-electron chi connectivity index (χ3n) is 3.55. The number of hydrogen-bond acceptors (Lipinski definition) is 3. The maximum Gasteiger partial charge on any atom is 0.139 e. The molecule has 4 heteroatoms. The molecule has 18 heavy (non-hydrogen) atoms. The van der Waals surface area contributed by atoms with Crippen molar-refractivity contribution in [2.24, 2.45) is 11.1 Å². The first kappa shape index (κ1) is 14.9. The minimum atomic E-state index is 0.160. The van der Waals surface area contributed by atoms with Gasteiger partial charge in [-0.05, 0) is 30.9 Å². The van der Waals surface area contributed by atoms with Gasteiger partial charge in [0.15, 0.2) is 0 Å². The largest absolute Gasteiger partial charge is 0.389 e. The first-order valence-electron chi connectivity index (χ1n) is 6.14. The van der Waals surface area contributed by atoms with Crippen LogP contribution in [0.3, 0.4) is 0 Å². The Morgan fingerprint density at radius 1 is 1.44 bits per heavy atom. The molecule has 0 aromatic carbocycles. The maximum atomic E-state index is 5.83. The van der Waals surface area contributed by atoms with Crippen molar-refractivity contribution in [2.75, 3.05) is 11.9 Å². The Bertz CT molecular complexity index is 449. The minimum absolute atomic E-state index is 0.160. The van der Waals surface area contributed by atoms with E-state index in [1.807, 2.05) is 20.0 Å². The van der Waals surface area contributed by atoms with Gasteiger partial charge in [-0.3, -0.25) is 0 Å². The lowest BCUT2D eigenvalue weighted by Gasteiger charge is -2.37. The Morgan fingerprint density at radius 2 is 2.00 bits per heavy atom. The molecule has 0 saturated heterocycles. The van der Waals surface area contributed by atoms with Crippen molar-refractivity contribution < 1.29 is 0 Å². The third kappa shape index (κ3) is 2.99. The van der Waals surface area contributed by atoms with Gasteiger partial charge >= 0.3 is 0 Å². The minimum Gasteiger partial charge on any atom is -0.389 e. The predicted molar refractivity (Wildman–Crippen MR) is 82.2 cm³/mol. The van der Waals surface area contributed by atoms with Gasteiger partial charge in [0.25, 0.3) is 0 Å². The number of nitrogens with two attached hydrogens (primary N) is 1. The van der Waals surface area contributed by atoms with Crippen LogP contribution in [0.4, 0.5) is 5.82 Å². The Hall–Kier alpha value is -1.16.